The maximum atomic E-state index is 11.7. The smallest absolute Gasteiger partial charge is 1.00 e. The number of hydrogen-bond acceptors (Lipinski definition) is 4. The predicted molar refractivity (Wildman–Crippen MR) is 125 cm³/mol. The Morgan fingerprint density at radius 2 is 1.84 bits per heavy atom. The maximum absolute atomic E-state index is 11.7. The van der Waals surface area contributed by atoms with E-state index in [9.17, 15) is 9.90 Å². The molecule has 1 N–H and O–H groups in total. The van der Waals surface area contributed by atoms with Crippen LogP contribution in [0.2, 0.25) is 0 Å². The van der Waals surface area contributed by atoms with E-state index in [2.05, 4.69) is 48.4 Å². The van der Waals surface area contributed by atoms with Gasteiger partial charge < -0.3 is 11.4 Å². The van der Waals surface area contributed by atoms with Gasteiger partial charge in [0.1, 0.15) is 0 Å². The third kappa shape index (κ3) is 5.58. The minimum Gasteiger partial charge on any atom is -1.00 e. The first kappa shape index (κ1) is 24.0. The third-order valence-corrected chi connectivity index (χ3v) is 6.84. The largest absolute Gasteiger partial charge is 1.00 e. The summed E-state index contributed by atoms with van der Waals surface area (Å²) in [7, 11) is 0. The fraction of sp³-hybridized carbons (Fsp3) is 0.360. The molecule has 0 radical (unpaired) electrons. The zero-order chi connectivity index (χ0) is 21.1. The summed E-state index contributed by atoms with van der Waals surface area (Å²) in [5.41, 5.74) is 4.66. The van der Waals surface area contributed by atoms with Crippen molar-refractivity contribution >= 4 is 22.4 Å². The molecule has 31 heavy (non-hydrogen) atoms. The van der Waals surface area contributed by atoms with Crippen molar-refractivity contribution in [2.45, 2.75) is 58.0 Å². The van der Waals surface area contributed by atoms with Crippen molar-refractivity contribution in [3.8, 4) is 11.3 Å². The molecule has 1 aliphatic carbocycles. The molecule has 4 rings (SSSR count). The van der Waals surface area contributed by atoms with Crippen LogP contribution >= 0.6 is 11.3 Å². The molecule has 1 aliphatic rings. The quantitative estimate of drug-likeness (QED) is 0.565. The summed E-state index contributed by atoms with van der Waals surface area (Å²) in [4.78, 5) is 19.0. The Bertz CT molecular complexity index is 1020. The first-order valence-corrected chi connectivity index (χ1v) is 11.5. The Labute approximate surface area is 212 Å². The molecule has 0 aliphatic heterocycles. The van der Waals surface area contributed by atoms with E-state index in [4.69, 9.17) is 4.98 Å². The van der Waals surface area contributed by atoms with Crippen LogP contribution in [0.5, 0.6) is 0 Å². The van der Waals surface area contributed by atoms with Crippen LogP contribution in [0.1, 0.15) is 68.4 Å². The molecule has 2 aromatic carbocycles. The number of aromatic nitrogens is 1. The van der Waals surface area contributed by atoms with Crippen molar-refractivity contribution in [2.24, 2.45) is 0 Å². The number of hydrogen-bond donors (Lipinski definition) is 1. The van der Waals surface area contributed by atoms with E-state index in [0.29, 0.717) is 24.1 Å². The van der Waals surface area contributed by atoms with Crippen molar-refractivity contribution in [1.29, 1.82) is 0 Å². The molecule has 6 heteroatoms. The number of aromatic carboxylic acids is 1. The van der Waals surface area contributed by atoms with E-state index in [-0.39, 0.29) is 31.0 Å². The van der Waals surface area contributed by atoms with Gasteiger partial charge >= 0.3 is 35.5 Å². The number of rotatable bonds is 7. The maximum Gasteiger partial charge on any atom is 1.00 e. The minimum absolute atomic E-state index is 0. The normalized spacial score (nSPS) is 13.9. The van der Waals surface area contributed by atoms with Gasteiger partial charge in [-0.05, 0) is 36.0 Å². The van der Waals surface area contributed by atoms with Crippen LogP contribution in [0.4, 0.5) is 5.13 Å². The summed E-state index contributed by atoms with van der Waals surface area (Å²) in [5.74, 6) is -0.362. The summed E-state index contributed by atoms with van der Waals surface area (Å²) >= 11 is 1.65. The van der Waals surface area contributed by atoms with Crippen LogP contribution in [0.3, 0.4) is 0 Å². The van der Waals surface area contributed by atoms with Crippen molar-refractivity contribution < 1.29 is 40.9 Å². The van der Waals surface area contributed by atoms with E-state index < -0.39 is 5.97 Å². The second-order valence-electron chi connectivity index (χ2n) is 8.32. The molecule has 0 unspecified atom stereocenters. The first-order chi connectivity index (χ1) is 14.5. The number of carboxylic acid groups (broad SMARTS) is 1. The molecule has 1 fully saturated rings. The van der Waals surface area contributed by atoms with Crippen LogP contribution in [0.25, 0.3) is 11.3 Å². The number of anilines is 1. The molecule has 0 spiro atoms. The van der Waals surface area contributed by atoms with Crippen molar-refractivity contribution in [3.63, 3.8) is 0 Å². The summed E-state index contributed by atoms with van der Waals surface area (Å²) < 4.78 is 0. The monoisotopic (exact) mass is 444 g/mol. The molecule has 3 aromatic rings. The van der Waals surface area contributed by atoms with Gasteiger partial charge in [-0.1, -0.05) is 69.2 Å². The molecule has 1 saturated carbocycles. The molecule has 0 bridgehead atoms. The van der Waals surface area contributed by atoms with Crippen molar-refractivity contribution in [1.82, 2.24) is 4.98 Å². The Morgan fingerprint density at radius 1 is 1.16 bits per heavy atom. The molecule has 158 valence electrons. The summed E-state index contributed by atoms with van der Waals surface area (Å²) in [6, 6.07) is 16.4. The van der Waals surface area contributed by atoms with Gasteiger partial charge in [0, 0.05) is 23.5 Å². The number of carbonyl (C=O) groups is 1. The SMILES string of the molecule is CC(C)c1ccc(-c2csc(N(Cc3ccccc3C(=O)O)C3CCCC3)n2)cc1.[H-].[Na+]. The molecule has 0 atom stereocenters. The molecule has 4 nitrogen and oxygen atoms in total. The van der Waals surface area contributed by atoms with Crippen LogP contribution in [0.15, 0.2) is 53.9 Å². The second kappa shape index (κ2) is 10.8. The van der Waals surface area contributed by atoms with Gasteiger partial charge in [0.15, 0.2) is 5.13 Å². The number of thiazole rings is 1. The topological polar surface area (TPSA) is 53.4 Å². The Morgan fingerprint density at radius 3 is 2.48 bits per heavy atom. The third-order valence-electron chi connectivity index (χ3n) is 5.96. The number of benzene rings is 2. The summed E-state index contributed by atoms with van der Waals surface area (Å²) in [6.45, 7) is 4.97. The standard InChI is InChI=1S/C25H28N2O2S.Na.H/c1-17(2)18-11-13-19(14-12-18)23-16-30-25(26-23)27(21-8-4-5-9-21)15-20-7-3-6-10-22(20)24(28)29;;/h3,6-7,10-14,16-17,21H,4-5,8-9,15H2,1-2H3,(H,28,29);;/q;+1;-1. The van der Waals surface area contributed by atoms with Crippen LogP contribution in [0, 0.1) is 0 Å². The molecule has 1 aromatic heterocycles. The van der Waals surface area contributed by atoms with E-state index in [1.165, 1.54) is 18.4 Å². The van der Waals surface area contributed by atoms with Gasteiger partial charge in [0.05, 0.1) is 11.3 Å². The summed E-state index contributed by atoms with van der Waals surface area (Å²) in [5, 5.41) is 12.7. The molecule has 0 amide bonds. The second-order valence-corrected chi connectivity index (χ2v) is 9.16. The van der Waals surface area contributed by atoms with Gasteiger partial charge in [0.2, 0.25) is 0 Å². The first-order valence-electron chi connectivity index (χ1n) is 10.7. The average molecular weight is 445 g/mol. The summed E-state index contributed by atoms with van der Waals surface area (Å²) in [6.07, 6.45) is 4.70. The van der Waals surface area contributed by atoms with Crippen LogP contribution in [-0.4, -0.2) is 22.1 Å². The van der Waals surface area contributed by atoms with Gasteiger partial charge in [0.25, 0.3) is 0 Å². The van der Waals surface area contributed by atoms with E-state index in [1.807, 2.05) is 12.1 Å². The minimum atomic E-state index is -0.873. The van der Waals surface area contributed by atoms with Crippen LogP contribution in [-0.2, 0) is 6.54 Å². The average Bonchev–Trinajstić information content (AvgIpc) is 3.45. The zero-order valence-electron chi connectivity index (χ0n) is 19.5. The number of nitrogens with zero attached hydrogens (tertiary/aromatic N) is 2. The molecule has 1 heterocycles. The molecular formula is C25H29N2NaO2S. The van der Waals surface area contributed by atoms with Crippen LogP contribution < -0.4 is 34.5 Å². The van der Waals surface area contributed by atoms with Crippen molar-refractivity contribution in [3.05, 3.63) is 70.6 Å². The predicted octanol–water partition coefficient (Wildman–Crippen LogP) is 3.70. The van der Waals surface area contributed by atoms with Gasteiger partial charge in [-0.15, -0.1) is 11.3 Å². The van der Waals surface area contributed by atoms with Crippen molar-refractivity contribution in [2.75, 3.05) is 4.90 Å². The zero-order valence-corrected chi connectivity index (χ0v) is 21.4. The Hall–Kier alpha value is -1.66. The van der Waals surface area contributed by atoms with E-state index >= 15 is 0 Å². The molecule has 0 saturated heterocycles. The van der Waals surface area contributed by atoms with E-state index in [1.54, 1.807) is 23.5 Å². The number of carboxylic acids is 1. The van der Waals surface area contributed by atoms with E-state index in [0.717, 1.165) is 34.8 Å². The van der Waals surface area contributed by atoms with Gasteiger partial charge in [-0.3, -0.25) is 0 Å². The molecular weight excluding hydrogens is 415 g/mol. The Balaban J connectivity index is 0.00000181. The van der Waals surface area contributed by atoms with Gasteiger partial charge in [-0.25, -0.2) is 9.78 Å². The Kier molecular flexibility index (Phi) is 8.34. The van der Waals surface area contributed by atoms with Gasteiger partial charge in [-0.2, -0.15) is 0 Å². The fourth-order valence-corrected chi connectivity index (χ4v) is 5.09. The fourth-order valence-electron chi connectivity index (χ4n) is 4.19.